The second-order valence-corrected chi connectivity index (χ2v) is 5.52. The van der Waals surface area contributed by atoms with Gasteiger partial charge in [-0.05, 0) is 39.2 Å². The summed E-state index contributed by atoms with van der Waals surface area (Å²) in [5.41, 5.74) is -0.514. The molecule has 2 unspecified atom stereocenters. The van der Waals surface area contributed by atoms with Crippen LogP contribution in [0.1, 0.15) is 45.4 Å². The van der Waals surface area contributed by atoms with Crippen molar-refractivity contribution < 1.29 is 14.3 Å². The van der Waals surface area contributed by atoms with Crippen LogP contribution in [0.15, 0.2) is 0 Å². The first kappa shape index (κ1) is 13.8. The molecule has 2 rings (SSSR count). The zero-order chi connectivity index (χ0) is 13.0. The molecule has 4 heteroatoms. The monoisotopic (exact) mass is 255 g/mol. The molecule has 2 fully saturated rings. The van der Waals surface area contributed by atoms with Gasteiger partial charge in [-0.1, -0.05) is 12.8 Å². The van der Waals surface area contributed by atoms with Gasteiger partial charge in [0.1, 0.15) is 5.54 Å². The molecule has 2 saturated carbocycles. The standard InChI is InChI=1S/C14H25NO3/c1-3-17-13(16)14(15-2)8-6-12(10-14)18-9-7-11-4-5-11/h11-12,15H,3-10H2,1-2H3. The van der Waals surface area contributed by atoms with Crippen LogP contribution in [-0.4, -0.2) is 37.9 Å². The maximum absolute atomic E-state index is 12.0. The fraction of sp³-hybridized carbons (Fsp3) is 0.929. The first-order valence-electron chi connectivity index (χ1n) is 7.18. The second-order valence-electron chi connectivity index (χ2n) is 5.52. The van der Waals surface area contributed by atoms with Gasteiger partial charge in [-0.25, -0.2) is 0 Å². The van der Waals surface area contributed by atoms with Crippen molar-refractivity contribution in [3.05, 3.63) is 0 Å². The summed E-state index contributed by atoms with van der Waals surface area (Å²) in [5.74, 6) is 0.784. The van der Waals surface area contributed by atoms with E-state index < -0.39 is 5.54 Å². The van der Waals surface area contributed by atoms with Gasteiger partial charge in [0.2, 0.25) is 0 Å². The molecule has 0 aromatic heterocycles. The predicted octanol–water partition coefficient (Wildman–Crippen LogP) is 1.88. The number of carbonyl (C=O) groups is 1. The molecule has 2 aliphatic rings. The Morgan fingerprint density at radius 1 is 1.39 bits per heavy atom. The highest BCUT2D eigenvalue weighted by Gasteiger charge is 2.45. The van der Waals surface area contributed by atoms with E-state index in [0.717, 1.165) is 31.8 Å². The number of hydrogen-bond donors (Lipinski definition) is 1. The van der Waals surface area contributed by atoms with Crippen molar-refractivity contribution in [1.82, 2.24) is 5.32 Å². The minimum absolute atomic E-state index is 0.124. The van der Waals surface area contributed by atoms with Gasteiger partial charge in [-0.3, -0.25) is 4.79 Å². The quantitative estimate of drug-likeness (QED) is 0.706. The summed E-state index contributed by atoms with van der Waals surface area (Å²) in [6, 6.07) is 0. The maximum Gasteiger partial charge on any atom is 0.326 e. The number of ether oxygens (including phenoxy) is 2. The van der Waals surface area contributed by atoms with Crippen LogP contribution in [0.25, 0.3) is 0 Å². The lowest BCUT2D eigenvalue weighted by atomic mass is 9.98. The highest BCUT2D eigenvalue weighted by molar-refractivity contribution is 5.81. The molecule has 1 N–H and O–H groups in total. The zero-order valence-corrected chi connectivity index (χ0v) is 11.5. The molecule has 0 radical (unpaired) electrons. The highest BCUT2D eigenvalue weighted by atomic mass is 16.5. The van der Waals surface area contributed by atoms with Crippen LogP contribution in [0, 0.1) is 5.92 Å². The molecular formula is C14H25NO3. The van der Waals surface area contributed by atoms with Gasteiger partial charge in [-0.15, -0.1) is 0 Å². The molecule has 18 heavy (non-hydrogen) atoms. The average molecular weight is 255 g/mol. The maximum atomic E-state index is 12.0. The molecule has 0 aliphatic heterocycles. The van der Waals surface area contributed by atoms with E-state index >= 15 is 0 Å². The molecule has 2 atom stereocenters. The summed E-state index contributed by atoms with van der Waals surface area (Å²) < 4.78 is 11.1. The van der Waals surface area contributed by atoms with E-state index in [1.807, 2.05) is 14.0 Å². The van der Waals surface area contributed by atoms with Crippen LogP contribution in [0.2, 0.25) is 0 Å². The predicted molar refractivity (Wildman–Crippen MR) is 69.4 cm³/mol. The lowest BCUT2D eigenvalue weighted by Gasteiger charge is -2.26. The van der Waals surface area contributed by atoms with Crippen molar-refractivity contribution in [2.45, 2.75) is 57.1 Å². The SMILES string of the molecule is CCOC(=O)C1(NC)CCC(OCCC2CC2)C1. The van der Waals surface area contributed by atoms with Gasteiger partial charge in [-0.2, -0.15) is 0 Å². The first-order chi connectivity index (χ1) is 8.70. The van der Waals surface area contributed by atoms with E-state index in [1.165, 1.54) is 19.3 Å². The number of hydrogen-bond acceptors (Lipinski definition) is 4. The Hall–Kier alpha value is -0.610. The molecule has 2 aliphatic carbocycles. The number of nitrogens with one attached hydrogen (secondary N) is 1. The molecule has 104 valence electrons. The molecule has 0 saturated heterocycles. The molecule has 0 heterocycles. The third kappa shape index (κ3) is 3.23. The van der Waals surface area contributed by atoms with Crippen LogP contribution >= 0.6 is 0 Å². The van der Waals surface area contributed by atoms with E-state index in [4.69, 9.17) is 9.47 Å². The average Bonchev–Trinajstić information content (AvgIpc) is 3.08. The lowest BCUT2D eigenvalue weighted by molar-refractivity contribution is -0.151. The summed E-state index contributed by atoms with van der Waals surface area (Å²) >= 11 is 0. The third-order valence-electron chi connectivity index (χ3n) is 4.19. The van der Waals surface area contributed by atoms with Gasteiger partial charge < -0.3 is 14.8 Å². The summed E-state index contributed by atoms with van der Waals surface area (Å²) in [6.07, 6.45) is 6.64. The summed E-state index contributed by atoms with van der Waals surface area (Å²) in [5, 5.41) is 3.15. The number of likely N-dealkylation sites (N-methyl/N-ethyl adjacent to an activating group) is 1. The summed E-state index contributed by atoms with van der Waals surface area (Å²) in [6.45, 7) is 3.13. The van der Waals surface area contributed by atoms with Gasteiger partial charge in [0.15, 0.2) is 0 Å². The van der Waals surface area contributed by atoms with Crippen molar-refractivity contribution in [1.29, 1.82) is 0 Å². The van der Waals surface area contributed by atoms with Crippen molar-refractivity contribution in [2.24, 2.45) is 5.92 Å². The number of rotatable bonds is 7. The molecule has 0 aromatic rings. The Morgan fingerprint density at radius 3 is 2.78 bits per heavy atom. The molecule has 4 nitrogen and oxygen atoms in total. The topological polar surface area (TPSA) is 47.6 Å². The molecule has 0 aromatic carbocycles. The third-order valence-corrected chi connectivity index (χ3v) is 4.19. The zero-order valence-electron chi connectivity index (χ0n) is 11.5. The molecule has 0 spiro atoms. The Bertz CT molecular complexity index is 291. The molecule has 0 bridgehead atoms. The van der Waals surface area contributed by atoms with Crippen molar-refractivity contribution in [3.8, 4) is 0 Å². The Labute approximate surface area is 109 Å². The van der Waals surface area contributed by atoms with Crippen molar-refractivity contribution >= 4 is 5.97 Å². The van der Waals surface area contributed by atoms with Gasteiger partial charge in [0.05, 0.1) is 12.7 Å². The largest absolute Gasteiger partial charge is 0.465 e. The van der Waals surface area contributed by atoms with Crippen LogP contribution < -0.4 is 5.32 Å². The Morgan fingerprint density at radius 2 is 2.17 bits per heavy atom. The normalized spacial score (nSPS) is 31.6. The minimum atomic E-state index is -0.514. The molecular weight excluding hydrogens is 230 g/mol. The minimum Gasteiger partial charge on any atom is -0.465 e. The van der Waals surface area contributed by atoms with Crippen molar-refractivity contribution in [2.75, 3.05) is 20.3 Å². The van der Waals surface area contributed by atoms with E-state index in [-0.39, 0.29) is 12.1 Å². The van der Waals surface area contributed by atoms with Crippen LogP contribution in [0.5, 0.6) is 0 Å². The molecule has 0 amide bonds. The van der Waals surface area contributed by atoms with E-state index in [2.05, 4.69) is 5.32 Å². The van der Waals surface area contributed by atoms with Crippen LogP contribution in [0.3, 0.4) is 0 Å². The first-order valence-corrected chi connectivity index (χ1v) is 7.18. The summed E-state index contributed by atoms with van der Waals surface area (Å²) in [4.78, 5) is 12.0. The summed E-state index contributed by atoms with van der Waals surface area (Å²) in [7, 11) is 1.84. The number of carbonyl (C=O) groups excluding carboxylic acids is 1. The van der Waals surface area contributed by atoms with Gasteiger partial charge >= 0.3 is 5.97 Å². The Kier molecular flexibility index (Phi) is 4.62. The van der Waals surface area contributed by atoms with E-state index in [9.17, 15) is 4.79 Å². The number of esters is 1. The van der Waals surface area contributed by atoms with Gasteiger partial charge in [0.25, 0.3) is 0 Å². The van der Waals surface area contributed by atoms with E-state index in [1.54, 1.807) is 0 Å². The van der Waals surface area contributed by atoms with Crippen LogP contribution in [0.4, 0.5) is 0 Å². The van der Waals surface area contributed by atoms with Crippen molar-refractivity contribution in [3.63, 3.8) is 0 Å². The fourth-order valence-electron chi connectivity index (χ4n) is 2.73. The Balaban J connectivity index is 1.77. The van der Waals surface area contributed by atoms with Gasteiger partial charge in [0, 0.05) is 13.0 Å². The fourth-order valence-corrected chi connectivity index (χ4v) is 2.73. The smallest absolute Gasteiger partial charge is 0.326 e. The lowest BCUT2D eigenvalue weighted by Crippen LogP contribution is -2.49. The highest BCUT2D eigenvalue weighted by Crippen LogP contribution is 2.35. The second kappa shape index (κ2) is 6.02. The van der Waals surface area contributed by atoms with Crippen LogP contribution in [-0.2, 0) is 14.3 Å². The van der Waals surface area contributed by atoms with E-state index in [0.29, 0.717) is 6.61 Å².